The number of sulfonamides is 1. The number of ether oxygens (including phenoxy) is 1. The summed E-state index contributed by atoms with van der Waals surface area (Å²) in [7, 11) is -1.91. The summed E-state index contributed by atoms with van der Waals surface area (Å²) >= 11 is 0. The molecule has 2 heterocycles. The Labute approximate surface area is 136 Å². The van der Waals surface area contributed by atoms with Crippen LogP contribution in [0.15, 0.2) is 23.1 Å². The Hall–Kier alpha value is -1.44. The molecule has 0 spiro atoms. The number of amides is 1. The summed E-state index contributed by atoms with van der Waals surface area (Å²) < 4.78 is 33.0. The minimum Gasteiger partial charge on any atom is -0.377 e. The lowest BCUT2D eigenvalue weighted by Crippen LogP contribution is -2.33. The van der Waals surface area contributed by atoms with Gasteiger partial charge in [-0.2, -0.15) is 0 Å². The third-order valence-corrected chi connectivity index (χ3v) is 6.10. The first-order chi connectivity index (χ1) is 10.7. The maximum absolute atomic E-state index is 12.5. The second-order valence-electron chi connectivity index (χ2n) is 6.66. The topological polar surface area (TPSA) is 75.7 Å². The lowest BCUT2D eigenvalue weighted by Gasteiger charge is -2.17. The highest BCUT2D eigenvalue weighted by Gasteiger charge is 2.42. The SMILES string of the molecule is CN1C(=O)C(C)(C)c2cc(S(=O)(=O)NC[C@H]3CCCO3)ccc21. The quantitative estimate of drug-likeness (QED) is 0.900. The Morgan fingerprint density at radius 2 is 2.13 bits per heavy atom. The van der Waals surface area contributed by atoms with Crippen LogP contribution in [0.4, 0.5) is 5.69 Å². The largest absolute Gasteiger partial charge is 0.377 e. The molecule has 2 aliphatic heterocycles. The fourth-order valence-corrected chi connectivity index (χ4v) is 4.30. The van der Waals surface area contributed by atoms with Crippen molar-refractivity contribution in [2.45, 2.75) is 43.1 Å². The van der Waals surface area contributed by atoms with Crippen molar-refractivity contribution in [2.24, 2.45) is 0 Å². The molecular weight excluding hydrogens is 316 g/mol. The summed E-state index contributed by atoms with van der Waals surface area (Å²) in [6.07, 6.45) is 1.79. The van der Waals surface area contributed by atoms with Crippen LogP contribution >= 0.6 is 0 Å². The average Bonchev–Trinajstić information content (AvgIpc) is 3.09. The minimum absolute atomic E-state index is 0.0330. The van der Waals surface area contributed by atoms with E-state index < -0.39 is 15.4 Å². The molecule has 1 fully saturated rings. The number of likely N-dealkylation sites (N-methyl/N-ethyl adjacent to an activating group) is 1. The van der Waals surface area contributed by atoms with Crippen molar-refractivity contribution in [1.82, 2.24) is 4.72 Å². The van der Waals surface area contributed by atoms with Gasteiger partial charge in [-0.05, 0) is 50.5 Å². The number of benzene rings is 1. The van der Waals surface area contributed by atoms with Gasteiger partial charge in [0.15, 0.2) is 0 Å². The third-order valence-electron chi connectivity index (χ3n) is 4.68. The zero-order chi connectivity index (χ0) is 16.8. The van der Waals surface area contributed by atoms with Gasteiger partial charge in [0.25, 0.3) is 0 Å². The number of rotatable bonds is 4. The Balaban J connectivity index is 1.87. The molecule has 0 radical (unpaired) electrons. The van der Waals surface area contributed by atoms with Gasteiger partial charge < -0.3 is 9.64 Å². The molecule has 1 amide bonds. The van der Waals surface area contributed by atoms with Crippen LogP contribution in [0.1, 0.15) is 32.3 Å². The molecule has 1 aromatic rings. The number of carbonyl (C=O) groups is 1. The number of anilines is 1. The predicted molar refractivity (Wildman–Crippen MR) is 87.0 cm³/mol. The Morgan fingerprint density at radius 1 is 1.39 bits per heavy atom. The molecule has 0 aliphatic carbocycles. The number of hydrogen-bond acceptors (Lipinski definition) is 4. The van der Waals surface area contributed by atoms with Gasteiger partial charge in [0.1, 0.15) is 0 Å². The zero-order valence-electron chi connectivity index (χ0n) is 13.6. The summed E-state index contributed by atoms with van der Waals surface area (Å²) in [4.78, 5) is 14.0. The molecular formula is C16H22N2O4S. The highest BCUT2D eigenvalue weighted by Crippen LogP contribution is 2.41. The Kier molecular flexibility index (Phi) is 3.98. The van der Waals surface area contributed by atoms with Crippen LogP contribution in [0.2, 0.25) is 0 Å². The number of fused-ring (bicyclic) bond motifs is 1. The van der Waals surface area contributed by atoms with Crippen molar-refractivity contribution in [3.8, 4) is 0 Å². The molecule has 0 unspecified atom stereocenters. The van der Waals surface area contributed by atoms with E-state index in [1.807, 2.05) is 13.8 Å². The molecule has 1 saturated heterocycles. The normalized spacial score (nSPS) is 23.3. The summed E-state index contributed by atoms with van der Waals surface area (Å²) in [6, 6.07) is 4.85. The van der Waals surface area contributed by atoms with Gasteiger partial charge in [-0.15, -0.1) is 0 Å². The fraction of sp³-hybridized carbons (Fsp3) is 0.562. The Bertz CT molecular complexity index is 736. The summed E-state index contributed by atoms with van der Waals surface area (Å²) in [5.74, 6) is -0.0330. The number of nitrogens with one attached hydrogen (secondary N) is 1. The summed E-state index contributed by atoms with van der Waals surface area (Å²) in [6.45, 7) is 4.59. The summed E-state index contributed by atoms with van der Waals surface area (Å²) in [5.41, 5.74) is 0.785. The van der Waals surface area contributed by atoms with Gasteiger partial charge in [-0.3, -0.25) is 4.79 Å². The van der Waals surface area contributed by atoms with E-state index in [-0.39, 0.29) is 23.5 Å². The molecule has 1 atom stereocenters. The lowest BCUT2D eigenvalue weighted by atomic mass is 9.86. The van der Waals surface area contributed by atoms with Gasteiger partial charge in [0.05, 0.1) is 16.4 Å². The second-order valence-corrected chi connectivity index (χ2v) is 8.42. The fourth-order valence-electron chi connectivity index (χ4n) is 3.21. The van der Waals surface area contributed by atoms with E-state index >= 15 is 0 Å². The summed E-state index contributed by atoms with van der Waals surface area (Å²) in [5, 5.41) is 0. The van der Waals surface area contributed by atoms with E-state index in [2.05, 4.69) is 4.72 Å². The number of nitrogens with zero attached hydrogens (tertiary/aromatic N) is 1. The van der Waals surface area contributed by atoms with Crippen molar-refractivity contribution in [2.75, 3.05) is 25.1 Å². The van der Waals surface area contributed by atoms with Gasteiger partial charge in [0, 0.05) is 25.9 Å². The molecule has 7 heteroatoms. The van der Waals surface area contributed by atoms with E-state index in [1.165, 1.54) is 0 Å². The maximum Gasteiger partial charge on any atom is 0.240 e. The van der Waals surface area contributed by atoms with Crippen molar-refractivity contribution in [3.63, 3.8) is 0 Å². The third kappa shape index (κ3) is 2.77. The maximum atomic E-state index is 12.5. The minimum atomic E-state index is -3.61. The highest BCUT2D eigenvalue weighted by atomic mass is 32.2. The first kappa shape index (κ1) is 16.4. The van der Waals surface area contributed by atoms with Gasteiger partial charge >= 0.3 is 0 Å². The van der Waals surface area contributed by atoms with E-state index in [0.29, 0.717) is 6.61 Å². The van der Waals surface area contributed by atoms with Crippen LogP contribution in [-0.2, 0) is 25.0 Å². The molecule has 0 aromatic heterocycles. The van der Waals surface area contributed by atoms with Crippen molar-refractivity contribution < 1.29 is 17.9 Å². The zero-order valence-corrected chi connectivity index (χ0v) is 14.4. The van der Waals surface area contributed by atoms with E-state index in [0.717, 1.165) is 24.1 Å². The molecule has 3 rings (SSSR count). The van der Waals surface area contributed by atoms with Crippen LogP contribution in [0.3, 0.4) is 0 Å². The molecule has 2 aliphatic rings. The van der Waals surface area contributed by atoms with Gasteiger partial charge in [-0.1, -0.05) is 0 Å². The van der Waals surface area contributed by atoms with Crippen molar-refractivity contribution in [1.29, 1.82) is 0 Å². The predicted octanol–water partition coefficient (Wildman–Crippen LogP) is 1.40. The van der Waals surface area contributed by atoms with Crippen LogP contribution in [-0.4, -0.2) is 40.6 Å². The van der Waals surface area contributed by atoms with Crippen molar-refractivity contribution in [3.05, 3.63) is 23.8 Å². The molecule has 126 valence electrons. The highest BCUT2D eigenvalue weighted by molar-refractivity contribution is 7.89. The van der Waals surface area contributed by atoms with Crippen LogP contribution in [0.5, 0.6) is 0 Å². The Morgan fingerprint density at radius 3 is 2.78 bits per heavy atom. The first-order valence-corrected chi connectivity index (χ1v) is 9.26. The molecule has 1 N–H and O–H groups in total. The first-order valence-electron chi connectivity index (χ1n) is 7.77. The van der Waals surface area contributed by atoms with Crippen LogP contribution < -0.4 is 9.62 Å². The molecule has 1 aromatic carbocycles. The molecule has 23 heavy (non-hydrogen) atoms. The van der Waals surface area contributed by atoms with Gasteiger partial charge in [-0.25, -0.2) is 13.1 Å². The van der Waals surface area contributed by atoms with Crippen LogP contribution in [0.25, 0.3) is 0 Å². The monoisotopic (exact) mass is 338 g/mol. The van der Waals surface area contributed by atoms with Gasteiger partial charge in [0.2, 0.25) is 15.9 Å². The smallest absolute Gasteiger partial charge is 0.240 e. The number of hydrogen-bond donors (Lipinski definition) is 1. The second kappa shape index (κ2) is 5.58. The van der Waals surface area contributed by atoms with Crippen molar-refractivity contribution >= 4 is 21.6 Å². The molecule has 0 saturated carbocycles. The standard InChI is InChI=1S/C16H22N2O4S/c1-16(2)13-9-12(6-7-14(13)18(3)15(16)19)23(20,21)17-10-11-5-4-8-22-11/h6-7,9,11,17H,4-5,8,10H2,1-3H3/t11-/m1/s1. The number of carbonyl (C=O) groups excluding carboxylic acids is 1. The van der Waals surface area contributed by atoms with Crippen LogP contribution in [0, 0.1) is 0 Å². The molecule has 6 nitrogen and oxygen atoms in total. The average molecular weight is 338 g/mol. The van der Waals surface area contributed by atoms with E-state index in [9.17, 15) is 13.2 Å². The lowest BCUT2D eigenvalue weighted by molar-refractivity contribution is -0.121. The molecule has 0 bridgehead atoms. The van der Waals surface area contributed by atoms with E-state index in [1.54, 1.807) is 30.1 Å². The van der Waals surface area contributed by atoms with E-state index in [4.69, 9.17) is 4.74 Å².